The Kier molecular flexibility index (Phi) is 8.05. The molecule has 0 aliphatic heterocycles. The number of hydrogen-bond donors (Lipinski definition) is 1. The van der Waals surface area contributed by atoms with Crippen molar-refractivity contribution in [3.05, 3.63) is 71.3 Å². The van der Waals surface area contributed by atoms with Crippen LogP contribution in [0.2, 0.25) is 0 Å². The lowest BCUT2D eigenvalue weighted by Gasteiger charge is -2.30. The molecule has 0 saturated carbocycles. The van der Waals surface area contributed by atoms with Crippen molar-refractivity contribution >= 4 is 11.8 Å². The van der Waals surface area contributed by atoms with Crippen LogP contribution in [0.25, 0.3) is 0 Å². The van der Waals surface area contributed by atoms with Gasteiger partial charge < -0.3 is 10.2 Å². The van der Waals surface area contributed by atoms with Crippen LogP contribution in [-0.2, 0) is 29.0 Å². The van der Waals surface area contributed by atoms with E-state index in [0.717, 1.165) is 17.5 Å². The van der Waals surface area contributed by atoms with E-state index in [2.05, 4.69) is 36.5 Å². The number of carbonyl (C=O) groups is 2. The van der Waals surface area contributed by atoms with E-state index < -0.39 is 6.04 Å². The van der Waals surface area contributed by atoms with Gasteiger partial charge in [0.25, 0.3) is 0 Å². The van der Waals surface area contributed by atoms with Gasteiger partial charge in [-0.15, -0.1) is 0 Å². The van der Waals surface area contributed by atoms with E-state index in [0.29, 0.717) is 25.8 Å². The smallest absolute Gasteiger partial charge is 0.242 e. The monoisotopic (exact) mass is 366 g/mol. The van der Waals surface area contributed by atoms with Crippen LogP contribution in [0, 0.1) is 0 Å². The van der Waals surface area contributed by atoms with Gasteiger partial charge in [0.1, 0.15) is 6.04 Å². The van der Waals surface area contributed by atoms with Gasteiger partial charge >= 0.3 is 0 Å². The van der Waals surface area contributed by atoms with Crippen molar-refractivity contribution < 1.29 is 9.59 Å². The van der Waals surface area contributed by atoms with Crippen molar-refractivity contribution in [2.45, 2.75) is 52.1 Å². The fourth-order valence-electron chi connectivity index (χ4n) is 3.20. The first kappa shape index (κ1) is 20.7. The number of hydrogen-bond acceptors (Lipinski definition) is 2. The van der Waals surface area contributed by atoms with Crippen molar-refractivity contribution in [1.29, 1.82) is 0 Å². The molecule has 0 unspecified atom stereocenters. The SMILES string of the molecule is CCc1ccc(CCC(=O)N(Cc2ccccc2)[C@H](CC)C(=O)NC)cc1. The molecule has 27 heavy (non-hydrogen) atoms. The summed E-state index contributed by atoms with van der Waals surface area (Å²) in [4.78, 5) is 27.0. The summed E-state index contributed by atoms with van der Waals surface area (Å²) in [6.07, 6.45) is 2.67. The molecule has 2 amide bonds. The van der Waals surface area contributed by atoms with Crippen LogP contribution in [-0.4, -0.2) is 29.8 Å². The Labute approximate surface area is 162 Å². The molecule has 0 saturated heterocycles. The average molecular weight is 367 g/mol. The zero-order valence-electron chi connectivity index (χ0n) is 16.6. The molecule has 1 N–H and O–H groups in total. The zero-order chi connectivity index (χ0) is 19.6. The highest BCUT2D eigenvalue weighted by atomic mass is 16.2. The van der Waals surface area contributed by atoms with Crippen molar-refractivity contribution in [1.82, 2.24) is 10.2 Å². The zero-order valence-corrected chi connectivity index (χ0v) is 16.6. The van der Waals surface area contributed by atoms with Gasteiger partial charge in [-0.1, -0.05) is 68.4 Å². The third-order valence-corrected chi connectivity index (χ3v) is 4.89. The summed E-state index contributed by atoms with van der Waals surface area (Å²) in [5.41, 5.74) is 3.47. The Morgan fingerprint density at radius 3 is 2.11 bits per heavy atom. The molecular formula is C23H30N2O2. The second kappa shape index (κ2) is 10.5. The molecule has 0 bridgehead atoms. The predicted molar refractivity (Wildman–Crippen MR) is 109 cm³/mol. The molecule has 2 aromatic rings. The summed E-state index contributed by atoms with van der Waals surface area (Å²) < 4.78 is 0. The van der Waals surface area contributed by atoms with Crippen molar-refractivity contribution in [3.63, 3.8) is 0 Å². The van der Waals surface area contributed by atoms with Crippen LogP contribution in [0.5, 0.6) is 0 Å². The Bertz CT molecular complexity index is 726. The van der Waals surface area contributed by atoms with Gasteiger partial charge in [-0.2, -0.15) is 0 Å². The van der Waals surface area contributed by atoms with Crippen LogP contribution >= 0.6 is 0 Å². The number of amides is 2. The van der Waals surface area contributed by atoms with Gasteiger partial charge in [0.2, 0.25) is 11.8 Å². The van der Waals surface area contributed by atoms with Crippen molar-refractivity contribution in [2.75, 3.05) is 7.05 Å². The Hall–Kier alpha value is -2.62. The van der Waals surface area contributed by atoms with Crippen LogP contribution in [0.1, 0.15) is 43.4 Å². The number of benzene rings is 2. The van der Waals surface area contributed by atoms with E-state index in [1.165, 1.54) is 5.56 Å². The van der Waals surface area contributed by atoms with E-state index in [1.54, 1.807) is 11.9 Å². The molecule has 0 aliphatic rings. The summed E-state index contributed by atoms with van der Waals surface area (Å²) in [6.45, 7) is 4.51. The minimum Gasteiger partial charge on any atom is -0.357 e. The number of aryl methyl sites for hydroxylation is 2. The van der Waals surface area contributed by atoms with Gasteiger partial charge in [0.15, 0.2) is 0 Å². The summed E-state index contributed by atoms with van der Waals surface area (Å²) >= 11 is 0. The summed E-state index contributed by atoms with van der Waals surface area (Å²) in [6, 6.07) is 17.8. The molecular weight excluding hydrogens is 336 g/mol. The molecule has 0 heterocycles. The minimum atomic E-state index is -0.454. The fraction of sp³-hybridized carbons (Fsp3) is 0.391. The average Bonchev–Trinajstić information content (AvgIpc) is 2.72. The number of rotatable bonds is 9. The molecule has 2 aromatic carbocycles. The second-order valence-corrected chi connectivity index (χ2v) is 6.72. The third-order valence-electron chi connectivity index (χ3n) is 4.89. The van der Waals surface area contributed by atoms with E-state index >= 15 is 0 Å². The topological polar surface area (TPSA) is 49.4 Å². The number of nitrogens with zero attached hydrogens (tertiary/aromatic N) is 1. The lowest BCUT2D eigenvalue weighted by Crippen LogP contribution is -2.48. The van der Waals surface area contributed by atoms with Gasteiger partial charge in [-0.3, -0.25) is 9.59 Å². The molecule has 1 atom stereocenters. The molecule has 0 spiro atoms. The number of carbonyl (C=O) groups excluding carboxylic acids is 2. The second-order valence-electron chi connectivity index (χ2n) is 6.72. The van der Waals surface area contributed by atoms with Crippen LogP contribution in [0.15, 0.2) is 54.6 Å². The fourth-order valence-corrected chi connectivity index (χ4v) is 3.20. The maximum atomic E-state index is 13.0. The first-order valence-corrected chi connectivity index (χ1v) is 9.71. The molecule has 0 aliphatic carbocycles. The van der Waals surface area contributed by atoms with Crippen LogP contribution < -0.4 is 5.32 Å². The first-order valence-electron chi connectivity index (χ1n) is 9.71. The highest BCUT2D eigenvalue weighted by Gasteiger charge is 2.27. The summed E-state index contributed by atoms with van der Waals surface area (Å²) in [5, 5.41) is 2.69. The number of likely N-dealkylation sites (N-methyl/N-ethyl adjacent to an activating group) is 1. The van der Waals surface area contributed by atoms with Gasteiger partial charge in [-0.25, -0.2) is 0 Å². The quantitative estimate of drug-likeness (QED) is 0.735. The van der Waals surface area contributed by atoms with E-state index in [-0.39, 0.29) is 11.8 Å². The van der Waals surface area contributed by atoms with Crippen LogP contribution in [0.3, 0.4) is 0 Å². The lowest BCUT2D eigenvalue weighted by atomic mass is 10.0. The highest BCUT2D eigenvalue weighted by Crippen LogP contribution is 2.15. The van der Waals surface area contributed by atoms with E-state index in [4.69, 9.17) is 0 Å². The predicted octanol–water partition coefficient (Wildman–Crippen LogP) is 3.74. The van der Waals surface area contributed by atoms with Gasteiger partial charge in [0.05, 0.1) is 0 Å². The van der Waals surface area contributed by atoms with Crippen molar-refractivity contribution in [3.8, 4) is 0 Å². The molecule has 0 radical (unpaired) electrons. The van der Waals surface area contributed by atoms with E-state index in [9.17, 15) is 9.59 Å². The maximum absolute atomic E-state index is 13.0. The maximum Gasteiger partial charge on any atom is 0.242 e. The van der Waals surface area contributed by atoms with Gasteiger partial charge in [0, 0.05) is 20.0 Å². The van der Waals surface area contributed by atoms with E-state index in [1.807, 2.05) is 37.3 Å². The number of nitrogens with one attached hydrogen (secondary N) is 1. The van der Waals surface area contributed by atoms with Crippen LogP contribution in [0.4, 0.5) is 0 Å². The Balaban J connectivity index is 2.12. The molecule has 0 fully saturated rings. The normalized spacial score (nSPS) is 11.7. The molecule has 2 rings (SSSR count). The summed E-state index contributed by atoms with van der Waals surface area (Å²) in [5.74, 6) is -0.108. The molecule has 0 aromatic heterocycles. The minimum absolute atomic E-state index is 0.00821. The third kappa shape index (κ3) is 5.95. The Morgan fingerprint density at radius 2 is 1.56 bits per heavy atom. The highest BCUT2D eigenvalue weighted by molar-refractivity contribution is 5.87. The molecule has 144 valence electrons. The molecule has 4 nitrogen and oxygen atoms in total. The molecule has 4 heteroatoms. The first-order chi connectivity index (χ1) is 13.1. The van der Waals surface area contributed by atoms with Crippen molar-refractivity contribution in [2.24, 2.45) is 0 Å². The lowest BCUT2D eigenvalue weighted by molar-refractivity contribution is -0.141. The Morgan fingerprint density at radius 1 is 0.926 bits per heavy atom. The largest absolute Gasteiger partial charge is 0.357 e. The summed E-state index contributed by atoms with van der Waals surface area (Å²) in [7, 11) is 1.62. The van der Waals surface area contributed by atoms with Gasteiger partial charge in [-0.05, 0) is 36.0 Å². The standard InChI is InChI=1S/C23H30N2O2/c1-4-18-11-13-19(14-12-18)15-16-22(26)25(21(5-2)23(27)24-3)17-20-9-7-6-8-10-20/h6-14,21H,4-5,15-17H2,1-3H3,(H,24,27)/t21-/m1/s1.